The molecule has 0 bridgehead atoms. The van der Waals surface area contributed by atoms with Gasteiger partial charge in [0.25, 0.3) is 5.56 Å². The first-order valence-electron chi connectivity index (χ1n) is 8.14. The van der Waals surface area contributed by atoms with Crippen molar-refractivity contribution in [1.29, 1.82) is 0 Å². The lowest BCUT2D eigenvalue weighted by Crippen LogP contribution is -2.36. The Morgan fingerprint density at radius 1 is 1.26 bits per heavy atom. The maximum atomic E-state index is 12.1. The predicted octanol–water partition coefficient (Wildman–Crippen LogP) is 2.67. The van der Waals surface area contributed by atoms with Crippen molar-refractivity contribution in [2.45, 2.75) is 38.6 Å². The molecule has 5 nitrogen and oxygen atoms in total. The normalized spacial score (nSPS) is 15.5. The SMILES string of the molecule is O=C(NCCn1nc(-c2cccs2)ccc1=O)C1CCCCC1. The number of aromatic nitrogens is 2. The molecule has 1 N–H and O–H groups in total. The van der Waals surface area contributed by atoms with E-state index in [0.717, 1.165) is 36.3 Å². The van der Waals surface area contributed by atoms with Gasteiger partial charge in [0.15, 0.2) is 0 Å². The standard InChI is InChI=1S/C17H21N3O2S/c21-16-9-8-14(15-7-4-12-23-15)19-20(16)11-10-18-17(22)13-5-2-1-3-6-13/h4,7-9,12-13H,1-3,5-6,10-11H2,(H,18,22). The molecule has 23 heavy (non-hydrogen) atoms. The second-order valence-corrected chi connectivity index (χ2v) is 6.83. The molecule has 2 aromatic heterocycles. The van der Waals surface area contributed by atoms with Crippen molar-refractivity contribution < 1.29 is 4.79 Å². The number of hydrogen-bond acceptors (Lipinski definition) is 4. The maximum Gasteiger partial charge on any atom is 0.266 e. The van der Waals surface area contributed by atoms with Gasteiger partial charge in [-0.25, -0.2) is 4.68 Å². The van der Waals surface area contributed by atoms with E-state index >= 15 is 0 Å². The van der Waals surface area contributed by atoms with Gasteiger partial charge in [0.05, 0.1) is 11.4 Å². The van der Waals surface area contributed by atoms with E-state index in [0.29, 0.717) is 13.1 Å². The van der Waals surface area contributed by atoms with Crippen LogP contribution in [-0.2, 0) is 11.3 Å². The lowest BCUT2D eigenvalue weighted by atomic mass is 9.89. The average molecular weight is 331 g/mol. The van der Waals surface area contributed by atoms with Crippen molar-refractivity contribution in [1.82, 2.24) is 15.1 Å². The number of hydrogen-bond donors (Lipinski definition) is 1. The van der Waals surface area contributed by atoms with E-state index in [1.807, 2.05) is 17.5 Å². The van der Waals surface area contributed by atoms with Gasteiger partial charge in [-0.15, -0.1) is 11.3 Å². The highest BCUT2D eigenvalue weighted by atomic mass is 32.1. The molecule has 1 amide bonds. The quantitative estimate of drug-likeness (QED) is 0.916. The van der Waals surface area contributed by atoms with Crippen LogP contribution < -0.4 is 10.9 Å². The second-order valence-electron chi connectivity index (χ2n) is 5.88. The van der Waals surface area contributed by atoms with Crippen LogP contribution in [0.4, 0.5) is 0 Å². The fourth-order valence-electron chi connectivity index (χ4n) is 2.96. The molecule has 0 unspecified atom stereocenters. The van der Waals surface area contributed by atoms with E-state index in [2.05, 4.69) is 10.4 Å². The Kier molecular flexibility index (Phi) is 5.23. The molecule has 122 valence electrons. The minimum absolute atomic E-state index is 0.118. The minimum atomic E-state index is -0.141. The Labute approximate surface area is 139 Å². The molecule has 0 atom stereocenters. The van der Waals surface area contributed by atoms with Crippen molar-refractivity contribution >= 4 is 17.2 Å². The number of thiophene rings is 1. The van der Waals surface area contributed by atoms with Gasteiger partial charge in [-0.05, 0) is 30.4 Å². The Morgan fingerprint density at radius 2 is 2.09 bits per heavy atom. The smallest absolute Gasteiger partial charge is 0.266 e. The lowest BCUT2D eigenvalue weighted by Gasteiger charge is -2.20. The molecule has 1 aliphatic carbocycles. The van der Waals surface area contributed by atoms with E-state index in [-0.39, 0.29) is 17.4 Å². The Balaban J connectivity index is 1.58. The molecular formula is C17H21N3O2S. The summed E-state index contributed by atoms with van der Waals surface area (Å²) in [4.78, 5) is 25.1. The molecule has 1 saturated carbocycles. The fraction of sp³-hybridized carbons (Fsp3) is 0.471. The Morgan fingerprint density at radius 3 is 2.83 bits per heavy atom. The highest BCUT2D eigenvalue weighted by Crippen LogP contribution is 2.23. The number of carbonyl (C=O) groups excluding carboxylic acids is 1. The van der Waals surface area contributed by atoms with Crippen molar-refractivity contribution in [3.63, 3.8) is 0 Å². The average Bonchev–Trinajstić information content (AvgIpc) is 3.12. The van der Waals surface area contributed by atoms with Crippen molar-refractivity contribution in [2.75, 3.05) is 6.54 Å². The third-order valence-electron chi connectivity index (χ3n) is 4.24. The van der Waals surface area contributed by atoms with Crippen LogP contribution in [0.5, 0.6) is 0 Å². The van der Waals surface area contributed by atoms with E-state index in [4.69, 9.17) is 0 Å². The molecule has 0 aliphatic heterocycles. The zero-order valence-corrected chi connectivity index (χ0v) is 13.8. The zero-order chi connectivity index (χ0) is 16.1. The Hall–Kier alpha value is -1.95. The topological polar surface area (TPSA) is 64.0 Å². The zero-order valence-electron chi connectivity index (χ0n) is 13.0. The van der Waals surface area contributed by atoms with E-state index in [1.54, 1.807) is 17.4 Å². The molecule has 0 radical (unpaired) electrons. The van der Waals surface area contributed by atoms with Crippen molar-refractivity contribution in [2.24, 2.45) is 5.92 Å². The van der Waals surface area contributed by atoms with Gasteiger partial charge < -0.3 is 5.32 Å². The van der Waals surface area contributed by atoms with Gasteiger partial charge in [0.1, 0.15) is 5.69 Å². The first-order valence-corrected chi connectivity index (χ1v) is 9.02. The molecule has 0 saturated heterocycles. The first-order chi connectivity index (χ1) is 11.2. The number of amides is 1. The van der Waals surface area contributed by atoms with Gasteiger partial charge >= 0.3 is 0 Å². The number of carbonyl (C=O) groups is 1. The molecule has 0 aromatic carbocycles. The highest BCUT2D eigenvalue weighted by Gasteiger charge is 2.20. The number of rotatable bonds is 5. The summed E-state index contributed by atoms with van der Waals surface area (Å²) >= 11 is 1.59. The summed E-state index contributed by atoms with van der Waals surface area (Å²) in [7, 11) is 0. The summed E-state index contributed by atoms with van der Waals surface area (Å²) < 4.78 is 1.43. The third-order valence-corrected chi connectivity index (χ3v) is 5.13. The van der Waals surface area contributed by atoms with Crippen LogP contribution in [0, 0.1) is 5.92 Å². The van der Waals surface area contributed by atoms with Crippen LogP contribution in [-0.4, -0.2) is 22.2 Å². The number of nitrogens with one attached hydrogen (secondary N) is 1. The molecule has 1 fully saturated rings. The fourth-order valence-corrected chi connectivity index (χ4v) is 3.65. The van der Waals surface area contributed by atoms with Gasteiger partial charge in [-0.3, -0.25) is 9.59 Å². The molecule has 3 rings (SSSR count). The highest BCUT2D eigenvalue weighted by molar-refractivity contribution is 7.13. The monoisotopic (exact) mass is 331 g/mol. The van der Waals surface area contributed by atoms with Gasteiger partial charge in [0, 0.05) is 18.5 Å². The van der Waals surface area contributed by atoms with E-state index < -0.39 is 0 Å². The summed E-state index contributed by atoms with van der Waals surface area (Å²) in [6, 6.07) is 7.21. The molecule has 2 heterocycles. The van der Waals surface area contributed by atoms with Gasteiger partial charge in [0.2, 0.25) is 5.91 Å². The van der Waals surface area contributed by atoms with E-state index in [9.17, 15) is 9.59 Å². The second kappa shape index (κ2) is 7.55. The Bertz CT molecular complexity index is 703. The summed E-state index contributed by atoms with van der Waals surface area (Å²) in [5, 5.41) is 9.32. The van der Waals surface area contributed by atoms with Crippen LogP contribution >= 0.6 is 11.3 Å². The van der Waals surface area contributed by atoms with Crippen LogP contribution in [0.2, 0.25) is 0 Å². The summed E-state index contributed by atoms with van der Waals surface area (Å²) in [6.45, 7) is 0.840. The van der Waals surface area contributed by atoms with E-state index in [1.165, 1.54) is 17.2 Å². The van der Waals surface area contributed by atoms with Crippen LogP contribution in [0.25, 0.3) is 10.6 Å². The predicted molar refractivity (Wildman–Crippen MR) is 91.4 cm³/mol. The lowest BCUT2D eigenvalue weighted by molar-refractivity contribution is -0.125. The van der Waals surface area contributed by atoms with Crippen LogP contribution in [0.3, 0.4) is 0 Å². The van der Waals surface area contributed by atoms with Crippen LogP contribution in [0.1, 0.15) is 32.1 Å². The number of nitrogens with zero attached hydrogens (tertiary/aromatic N) is 2. The summed E-state index contributed by atoms with van der Waals surface area (Å²) in [5.41, 5.74) is 0.649. The molecule has 0 spiro atoms. The third kappa shape index (κ3) is 4.07. The summed E-state index contributed by atoms with van der Waals surface area (Å²) in [5.74, 6) is 0.262. The van der Waals surface area contributed by atoms with Crippen molar-refractivity contribution in [3.8, 4) is 10.6 Å². The minimum Gasteiger partial charge on any atom is -0.354 e. The largest absolute Gasteiger partial charge is 0.354 e. The van der Waals surface area contributed by atoms with Crippen LogP contribution in [0.15, 0.2) is 34.4 Å². The van der Waals surface area contributed by atoms with Crippen molar-refractivity contribution in [3.05, 3.63) is 40.0 Å². The molecule has 6 heteroatoms. The molecular weight excluding hydrogens is 310 g/mol. The van der Waals surface area contributed by atoms with Gasteiger partial charge in [-0.2, -0.15) is 5.10 Å². The maximum absolute atomic E-state index is 12.1. The molecule has 1 aliphatic rings. The molecule has 2 aromatic rings. The summed E-state index contributed by atoms with van der Waals surface area (Å²) in [6.07, 6.45) is 5.48. The first kappa shape index (κ1) is 15.9. The van der Waals surface area contributed by atoms with Gasteiger partial charge in [-0.1, -0.05) is 25.3 Å².